The Morgan fingerprint density at radius 1 is 1.28 bits per heavy atom. The third-order valence-corrected chi connectivity index (χ3v) is 3.35. The average Bonchev–Trinajstić information content (AvgIpc) is 2.84. The maximum Gasteiger partial charge on any atom is 0.137 e. The molecule has 0 saturated heterocycles. The zero-order valence-corrected chi connectivity index (χ0v) is 12.9. The lowest BCUT2D eigenvalue weighted by Crippen LogP contribution is -2.34. The van der Waals surface area contributed by atoms with Crippen molar-refractivity contribution >= 4 is 0 Å². The van der Waals surface area contributed by atoms with Crippen LogP contribution in [0.2, 0.25) is 0 Å². The predicted molar refractivity (Wildman–Crippen MR) is 77.5 cm³/mol. The number of hydrogen-bond donors (Lipinski definition) is 1. The van der Waals surface area contributed by atoms with Gasteiger partial charge in [-0.2, -0.15) is 5.10 Å². The number of aryl methyl sites for hydroxylation is 1. The molecule has 0 aliphatic heterocycles. The van der Waals surface area contributed by atoms with E-state index in [1.54, 1.807) is 12.7 Å². The molecule has 0 saturated carbocycles. The van der Waals surface area contributed by atoms with Crippen molar-refractivity contribution in [3.63, 3.8) is 0 Å². The fraction of sp³-hybridized carbons (Fsp3) is 0.857. The second kappa shape index (κ2) is 9.09. The van der Waals surface area contributed by atoms with E-state index in [-0.39, 0.29) is 0 Å². The SMILES string of the molecule is CC.CC(C)C(C)(C)CNCCCn1cncn1. The first-order valence-electron chi connectivity index (χ1n) is 7.05. The van der Waals surface area contributed by atoms with Gasteiger partial charge in [-0.1, -0.05) is 41.5 Å². The molecule has 0 aliphatic carbocycles. The van der Waals surface area contributed by atoms with Crippen LogP contribution >= 0.6 is 0 Å². The van der Waals surface area contributed by atoms with Crippen LogP contribution in [-0.2, 0) is 6.54 Å². The van der Waals surface area contributed by atoms with Crippen molar-refractivity contribution in [1.82, 2.24) is 20.1 Å². The Labute approximate surface area is 112 Å². The molecule has 1 rings (SSSR count). The zero-order valence-electron chi connectivity index (χ0n) is 12.9. The molecule has 18 heavy (non-hydrogen) atoms. The van der Waals surface area contributed by atoms with Gasteiger partial charge in [0.15, 0.2) is 0 Å². The summed E-state index contributed by atoms with van der Waals surface area (Å²) >= 11 is 0. The molecule has 1 aromatic rings. The smallest absolute Gasteiger partial charge is 0.137 e. The minimum atomic E-state index is 0.368. The predicted octanol–water partition coefficient (Wildman–Crippen LogP) is 2.97. The zero-order chi connectivity index (χ0) is 14.0. The molecule has 0 bridgehead atoms. The van der Waals surface area contributed by atoms with Crippen LogP contribution in [0.4, 0.5) is 0 Å². The molecule has 106 valence electrons. The molecule has 0 amide bonds. The largest absolute Gasteiger partial charge is 0.316 e. The number of nitrogens with zero attached hydrogens (tertiary/aromatic N) is 3. The van der Waals surface area contributed by atoms with Crippen molar-refractivity contribution in [2.75, 3.05) is 13.1 Å². The van der Waals surface area contributed by atoms with Gasteiger partial charge in [0.2, 0.25) is 0 Å². The monoisotopic (exact) mass is 254 g/mol. The van der Waals surface area contributed by atoms with Crippen molar-refractivity contribution in [1.29, 1.82) is 0 Å². The highest BCUT2D eigenvalue weighted by Crippen LogP contribution is 2.24. The number of nitrogens with one attached hydrogen (secondary N) is 1. The topological polar surface area (TPSA) is 42.7 Å². The summed E-state index contributed by atoms with van der Waals surface area (Å²) in [4.78, 5) is 3.91. The Bertz CT molecular complexity index is 278. The van der Waals surface area contributed by atoms with E-state index in [0.717, 1.165) is 26.1 Å². The molecule has 1 N–H and O–H groups in total. The van der Waals surface area contributed by atoms with Gasteiger partial charge in [-0.25, -0.2) is 4.98 Å². The first-order chi connectivity index (χ1) is 8.52. The van der Waals surface area contributed by atoms with Gasteiger partial charge in [0.05, 0.1) is 0 Å². The van der Waals surface area contributed by atoms with E-state index in [2.05, 4.69) is 43.1 Å². The Morgan fingerprint density at radius 2 is 1.94 bits per heavy atom. The Hall–Kier alpha value is -0.900. The molecule has 0 spiro atoms. The van der Waals surface area contributed by atoms with Gasteiger partial charge in [-0.05, 0) is 24.3 Å². The lowest BCUT2D eigenvalue weighted by Gasteiger charge is -2.29. The highest BCUT2D eigenvalue weighted by atomic mass is 15.3. The van der Waals surface area contributed by atoms with Crippen molar-refractivity contribution in [3.05, 3.63) is 12.7 Å². The summed E-state index contributed by atoms with van der Waals surface area (Å²) in [7, 11) is 0. The number of aromatic nitrogens is 3. The van der Waals surface area contributed by atoms with Gasteiger partial charge in [0.1, 0.15) is 12.7 Å². The molecule has 0 fully saturated rings. The van der Waals surface area contributed by atoms with Gasteiger partial charge in [-0.15, -0.1) is 0 Å². The molecule has 4 heteroatoms. The summed E-state index contributed by atoms with van der Waals surface area (Å²) in [6.07, 6.45) is 4.44. The van der Waals surface area contributed by atoms with Crippen LogP contribution in [-0.4, -0.2) is 27.9 Å². The number of hydrogen-bond acceptors (Lipinski definition) is 3. The van der Waals surface area contributed by atoms with Crippen LogP contribution < -0.4 is 5.32 Å². The summed E-state index contributed by atoms with van der Waals surface area (Å²) in [5.41, 5.74) is 0.368. The first-order valence-corrected chi connectivity index (χ1v) is 7.05. The third-order valence-electron chi connectivity index (χ3n) is 3.35. The summed E-state index contributed by atoms with van der Waals surface area (Å²) in [6.45, 7) is 16.2. The first kappa shape index (κ1) is 17.1. The standard InChI is InChI=1S/C12H24N4.C2H6/c1-11(2)12(3,4)8-13-6-5-7-16-10-14-9-15-16;1-2/h9-11,13H,5-8H2,1-4H3;1-2H3. The Morgan fingerprint density at radius 3 is 2.44 bits per heavy atom. The van der Waals surface area contributed by atoms with E-state index in [0.29, 0.717) is 11.3 Å². The molecule has 1 aromatic heterocycles. The fourth-order valence-electron chi connectivity index (χ4n) is 1.33. The lowest BCUT2D eigenvalue weighted by atomic mass is 9.81. The van der Waals surface area contributed by atoms with E-state index in [1.165, 1.54) is 0 Å². The Kier molecular flexibility index (Phi) is 8.63. The fourth-order valence-corrected chi connectivity index (χ4v) is 1.33. The van der Waals surface area contributed by atoms with Crippen LogP contribution in [0.1, 0.15) is 48.0 Å². The second-order valence-electron chi connectivity index (χ2n) is 5.33. The van der Waals surface area contributed by atoms with Gasteiger partial charge >= 0.3 is 0 Å². The van der Waals surface area contributed by atoms with E-state index >= 15 is 0 Å². The average molecular weight is 254 g/mol. The van der Waals surface area contributed by atoms with Crippen molar-refractivity contribution in [2.24, 2.45) is 11.3 Å². The molecule has 1 heterocycles. The Balaban J connectivity index is 0.00000137. The quantitative estimate of drug-likeness (QED) is 0.761. The second-order valence-corrected chi connectivity index (χ2v) is 5.33. The minimum Gasteiger partial charge on any atom is -0.316 e. The van der Waals surface area contributed by atoms with Crippen molar-refractivity contribution < 1.29 is 0 Å². The summed E-state index contributed by atoms with van der Waals surface area (Å²) in [5, 5.41) is 7.58. The van der Waals surface area contributed by atoms with E-state index in [9.17, 15) is 0 Å². The maximum absolute atomic E-state index is 4.07. The molecule has 0 unspecified atom stereocenters. The molecule has 4 nitrogen and oxygen atoms in total. The van der Waals surface area contributed by atoms with Crippen LogP contribution in [0, 0.1) is 11.3 Å². The van der Waals surface area contributed by atoms with Crippen LogP contribution in [0.5, 0.6) is 0 Å². The van der Waals surface area contributed by atoms with E-state index < -0.39 is 0 Å². The highest BCUT2D eigenvalue weighted by molar-refractivity contribution is 4.74. The molecular weight excluding hydrogens is 224 g/mol. The van der Waals surface area contributed by atoms with Crippen LogP contribution in [0.3, 0.4) is 0 Å². The van der Waals surface area contributed by atoms with Crippen LogP contribution in [0.15, 0.2) is 12.7 Å². The minimum absolute atomic E-state index is 0.368. The van der Waals surface area contributed by atoms with E-state index in [1.807, 2.05) is 18.5 Å². The molecule has 0 radical (unpaired) electrons. The maximum atomic E-state index is 4.07. The number of rotatable bonds is 7. The summed E-state index contributed by atoms with van der Waals surface area (Å²) in [6, 6.07) is 0. The lowest BCUT2D eigenvalue weighted by molar-refractivity contribution is 0.238. The third kappa shape index (κ3) is 6.74. The highest BCUT2D eigenvalue weighted by Gasteiger charge is 2.21. The summed E-state index contributed by atoms with van der Waals surface area (Å²) in [5.74, 6) is 0.704. The summed E-state index contributed by atoms with van der Waals surface area (Å²) < 4.78 is 1.87. The van der Waals surface area contributed by atoms with Gasteiger partial charge in [0.25, 0.3) is 0 Å². The van der Waals surface area contributed by atoms with Crippen LogP contribution in [0.25, 0.3) is 0 Å². The van der Waals surface area contributed by atoms with Gasteiger partial charge in [0, 0.05) is 13.1 Å². The molecule has 0 atom stereocenters. The normalized spacial score (nSPS) is 11.3. The van der Waals surface area contributed by atoms with Gasteiger partial charge in [-0.3, -0.25) is 4.68 Å². The van der Waals surface area contributed by atoms with Crippen molar-refractivity contribution in [2.45, 2.75) is 54.5 Å². The van der Waals surface area contributed by atoms with Crippen molar-refractivity contribution in [3.8, 4) is 0 Å². The van der Waals surface area contributed by atoms with E-state index in [4.69, 9.17) is 0 Å². The molecule has 0 aromatic carbocycles. The molecular formula is C14H30N4. The van der Waals surface area contributed by atoms with Gasteiger partial charge < -0.3 is 5.32 Å². The molecule has 0 aliphatic rings.